The van der Waals surface area contributed by atoms with Gasteiger partial charge in [0.05, 0.1) is 0 Å². The monoisotopic (exact) mass is 198 g/mol. The molecule has 0 nitrogen and oxygen atoms in total. The zero-order valence-corrected chi connectivity index (χ0v) is 11.0. The summed E-state index contributed by atoms with van der Waals surface area (Å²) < 4.78 is 0.424. The fraction of sp³-hybridized carbons (Fsp3) is 0.400. The molecule has 0 aromatic heterocycles. The molecule has 0 saturated heterocycles. The molecule has 12 heavy (non-hydrogen) atoms. The van der Waals surface area contributed by atoms with E-state index in [1.54, 1.807) is 0 Å². The van der Waals surface area contributed by atoms with Gasteiger partial charge in [-0.2, -0.15) is 0 Å². The highest BCUT2D eigenvalue weighted by Crippen LogP contribution is 2.18. The maximum Gasteiger partial charge on any atom is 0.227 e. The lowest BCUT2D eigenvalue weighted by Gasteiger charge is -2.18. The molecule has 2 heteroatoms. The summed E-state index contributed by atoms with van der Waals surface area (Å²) in [5, 5.41) is 0. The van der Waals surface area contributed by atoms with Crippen molar-refractivity contribution in [3.63, 3.8) is 0 Å². The number of hydrogen-bond donors (Lipinski definition) is 0. The third-order valence-corrected chi connectivity index (χ3v) is 2.49. The lowest BCUT2D eigenvalue weighted by molar-refractivity contribution is 0.764. The summed E-state index contributed by atoms with van der Waals surface area (Å²) in [4.78, 5) is 0. The van der Waals surface area contributed by atoms with E-state index in [1.165, 1.54) is 27.4 Å². The van der Waals surface area contributed by atoms with Crippen LogP contribution in [-0.4, -0.2) is 16.3 Å². The Bertz CT molecular complexity index is 233. The van der Waals surface area contributed by atoms with E-state index in [-0.39, 0.29) is 12.4 Å². The predicted octanol–water partition coefficient (Wildman–Crippen LogP) is 2.29. The molecule has 0 spiro atoms. The van der Waals surface area contributed by atoms with Crippen LogP contribution in [-0.2, 0) is 4.28 Å². The lowest BCUT2D eigenvalue weighted by atomic mass is 10.0. The van der Waals surface area contributed by atoms with Crippen LogP contribution in [0.3, 0.4) is 0 Å². The third kappa shape index (κ3) is 3.19. The van der Waals surface area contributed by atoms with Gasteiger partial charge in [0, 0.05) is 0 Å². The second-order valence-electron chi connectivity index (χ2n) is 4.12. The van der Waals surface area contributed by atoms with Gasteiger partial charge in [0.1, 0.15) is 0 Å². The molecule has 0 aliphatic rings. The smallest absolute Gasteiger partial charge is 0.147 e. The molecule has 0 atom stereocenters. The molecule has 66 valence electrons. The van der Waals surface area contributed by atoms with E-state index in [1.807, 2.05) is 0 Å². The Labute approximate surface area is 89.2 Å². The molecule has 0 unspecified atom stereocenters. The minimum Gasteiger partial charge on any atom is -0.147 e. The first-order valence-electron chi connectivity index (χ1n) is 4.07. The van der Waals surface area contributed by atoms with Crippen molar-refractivity contribution in [3.05, 3.63) is 35.4 Å². The summed E-state index contributed by atoms with van der Waals surface area (Å²) in [6, 6.07) is 8.86. The van der Waals surface area contributed by atoms with Crippen LogP contribution in [0.4, 0.5) is 0 Å². The molecule has 1 aromatic rings. The van der Waals surface area contributed by atoms with Crippen molar-refractivity contribution in [1.29, 1.82) is 0 Å². The van der Waals surface area contributed by atoms with Gasteiger partial charge in [0.15, 0.2) is 0 Å². The van der Waals surface area contributed by atoms with Crippen LogP contribution in [0.5, 0.6) is 0 Å². The first-order valence-corrected chi connectivity index (χ1v) is 5.07. The SMILES string of the molecule is Cc1ccc([C](C)(C)[AlH2])cc1.Cl. The number of benzene rings is 1. The standard InChI is InChI=1S/C10H13.Al.ClH.2H/c1-8(2)10-6-4-9(3)5-7-10;;;;/h4-7H,1-3H3;;1H;;. The van der Waals surface area contributed by atoms with E-state index in [2.05, 4.69) is 45.0 Å². The predicted molar refractivity (Wildman–Crippen MR) is 60.0 cm³/mol. The summed E-state index contributed by atoms with van der Waals surface area (Å²) in [6.45, 7) is 6.72. The largest absolute Gasteiger partial charge is 0.227 e. The second-order valence-corrected chi connectivity index (χ2v) is 6.62. The maximum absolute atomic E-state index is 2.30. The van der Waals surface area contributed by atoms with Crippen molar-refractivity contribution in [2.24, 2.45) is 0 Å². The van der Waals surface area contributed by atoms with Crippen LogP contribution in [0, 0.1) is 6.92 Å². The Morgan fingerprint density at radius 1 is 1.08 bits per heavy atom. The maximum atomic E-state index is 2.30. The molecule has 0 aliphatic carbocycles. The average molecular weight is 199 g/mol. The lowest BCUT2D eigenvalue weighted by Crippen LogP contribution is -2.16. The summed E-state index contributed by atoms with van der Waals surface area (Å²) in [7, 11) is 0. The molecule has 0 fully saturated rings. The first kappa shape index (κ1) is 12.0. The van der Waals surface area contributed by atoms with E-state index in [4.69, 9.17) is 0 Å². The summed E-state index contributed by atoms with van der Waals surface area (Å²) in [6.07, 6.45) is 0. The molecule has 1 aromatic carbocycles. The molecule has 0 amide bonds. The Kier molecular flexibility index (Phi) is 4.34. The normalized spacial score (nSPS) is 10.6. The van der Waals surface area contributed by atoms with Crippen LogP contribution in [0.25, 0.3) is 0 Å². The Morgan fingerprint density at radius 2 is 1.50 bits per heavy atom. The van der Waals surface area contributed by atoms with Gasteiger partial charge in [-0.1, -0.05) is 53.5 Å². The van der Waals surface area contributed by atoms with Gasteiger partial charge in [-0.25, -0.2) is 0 Å². The van der Waals surface area contributed by atoms with Crippen molar-refractivity contribution in [1.82, 2.24) is 0 Å². The van der Waals surface area contributed by atoms with E-state index in [0.717, 1.165) is 0 Å². The van der Waals surface area contributed by atoms with E-state index >= 15 is 0 Å². The second kappa shape index (κ2) is 4.33. The molecular formula is C10H16AlCl. The minimum absolute atomic E-state index is 0. The number of aryl methyl sites for hydroxylation is 1. The van der Waals surface area contributed by atoms with Crippen molar-refractivity contribution < 1.29 is 0 Å². The highest BCUT2D eigenvalue weighted by Gasteiger charge is 2.12. The van der Waals surface area contributed by atoms with Crippen LogP contribution in [0.15, 0.2) is 24.3 Å². The molecule has 1 rings (SSSR count). The van der Waals surface area contributed by atoms with E-state index < -0.39 is 0 Å². The van der Waals surface area contributed by atoms with Crippen molar-refractivity contribution >= 4 is 28.7 Å². The average Bonchev–Trinajstić information content (AvgIpc) is 1.86. The molecular weight excluding hydrogens is 183 g/mol. The molecule has 0 aliphatic heterocycles. The zero-order valence-electron chi connectivity index (χ0n) is 8.22. The Balaban J connectivity index is 0.00000121. The molecule has 0 N–H and O–H groups in total. The highest BCUT2D eigenvalue weighted by atomic mass is 35.5. The van der Waals surface area contributed by atoms with Gasteiger partial charge in [0.2, 0.25) is 16.3 Å². The van der Waals surface area contributed by atoms with E-state index in [0.29, 0.717) is 4.28 Å². The van der Waals surface area contributed by atoms with Crippen molar-refractivity contribution in [2.75, 3.05) is 0 Å². The van der Waals surface area contributed by atoms with Gasteiger partial charge >= 0.3 is 0 Å². The van der Waals surface area contributed by atoms with Crippen molar-refractivity contribution in [3.8, 4) is 0 Å². The van der Waals surface area contributed by atoms with Crippen LogP contribution >= 0.6 is 12.4 Å². The number of rotatable bonds is 1. The molecule has 0 bridgehead atoms. The van der Waals surface area contributed by atoms with Gasteiger partial charge in [-0.15, -0.1) is 12.4 Å². The Morgan fingerprint density at radius 3 is 1.83 bits per heavy atom. The van der Waals surface area contributed by atoms with E-state index in [9.17, 15) is 0 Å². The van der Waals surface area contributed by atoms with Gasteiger partial charge in [-0.3, -0.25) is 0 Å². The van der Waals surface area contributed by atoms with Crippen LogP contribution < -0.4 is 0 Å². The number of halogens is 1. The van der Waals surface area contributed by atoms with Gasteiger partial charge in [0.25, 0.3) is 0 Å². The molecule has 0 saturated carbocycles. The third-order valence-electron chi connectivity index (χ3n) is 1.92. The zero-order chi connectivity index (χ0) is 8.48. The van der Waals surface area contributed by atoms with Crippen LogP contribution in [0.2, 0.25) is 0 Å². The summed E-state index contributed by atoms with van der Waals surface area (Å²) >= 11 is 1.21. The van der Waals surface area contributed by atoms with Gasteiger partial charge < -0.3 is 0 Å². The van der Waals surface area contributed by atoms with Crippen LogP contribution in [0.1, 0.15) is 25.0 Å². The summed E-state index contributed by atoms with van der Waals surface area (Å²) in [5.74, 6) is 0. The topological polar surface area (TPSA) is 0 Å². The fourth-order valence-corrected chi connectivity index (χ4v) is 1.39. The first-order chi connectivity index (χ1) is 5.00. The molecule has 0 radical (unpaired) electrons. The summed E-state index contributed by atoms with van der Waals surface area (Å²) in [5.41, 5.74) is 2.81. The Hall–Kier alpha value is 0.0425. The minimum atomic E-state index is 0. The van der Waals surface area contributed by atoms with Crippen molar-refractivity contribution in [2.45, 2.75) is 25.0 Å². The highest BCUT2D eigenvalue weighted by molar-refractivity contribution is 6.15. The fourth-order valence-electron chi connectivity index (χ4n) is 1.05. The quantitative estimate of drug-likeness (QED) is 0.608. The number of hydrogen-bond acceptors (Lipinski definition) is 0. The van der Waals surface area contributed by atoms with Gasteiger partial charge in [-0.05, 0) is 6.92 Å². The molecule has 0 heterocycles.